The zero-order chi connectivity index (χ0) is 20.1. The van der Waals surface area contributed by atoms with Crippen molar-refractivity contribution in [3.05, 3.63) is 65.9 Å². The topological polar surface area (TPSA) is 70.1 Å². The third-order valence-electron chi connectivity index (χ3n) is 5.33. The quantitative estimate of drug-likeness (QED) is 0.748. The van der Waals surface area contributed by atoms with Gasteiger partial charge in [0.25, 0.3) is 10.0 Å². The highest BCUT2D eigenvalue weighted by Crippen LogP contribution is 2.46. The molecule has 0 aromatic heterocycles. The molecule has 0 fully saturated rings. The van der Waals surface area contributed by atoms with Gasteiger partial charge in [-0.3, -0.25) is 4.79 Å². The summed E-state index contributed by atoms with van der Waals surface area (Å²) in [5.41, 5.74) is 3.06. The predicted molar refractivity (Wildman–Crippen MR) is 109 cm³/mol. The number of hydrogen-bond acceptors (Lipinski definition) is 5. The first-order valence-electron chi connectivity index (χ1n) is 8.96. The minimum Gasteiger partial charge on any atom is -0.347 e. The van der Waals surface area contributed by atoms with E-state index >= 15 is 0 Å². The molecular formula is C21H21N3O3S. The van der Waals surface area contributed by atoms with E-state index in [-0.39, 0.29) is 22.6 Å². The number of rotatable bonds is 3. The summed E-state index contributed by atoms with van der Waals surface area (Å²) >= 11 is 0. The molecule has 2 aliphatic rings. The Kier molecular flexibility index (Phi) is 4.15. The number of aliphatic imine (C=N–C) groups is 1. The SMILES string of the molecule is CN1/C(=C/C(=O)CN2C=Nc3ccccc3S2(=O)=O)C(C)(C)c2ccccc21. The average Bonchev–Trinajstić information content (AvgIpc) is 2.85. The highest BCUT2D eigenvalue weighted by molar-refractivity contribution is 7.89. The van der Waals surface area contributed by atoms with Crippen LogP contribution in [-0.2, 0) is 20.2 Å². The van der Waals surface area contributed by atoms with Crippen LogP contribution in [0.15, 0.2) is 70.2 Å². The Morgan fingerprint density at radius 1 is 1.11 bits per heavy atom. The van der Waals surface area contributed by atoms with Crippen molar-refractivity contribution in [3.8, 4) is 0 Å². The van der Waals surface area contributed by atoms with Gasteiger partial charge in [-0.25, -0.2) is 17.7 Å². The lowest BCUT2D eigenvalue weighted by molar-refractivity contribution is -0.114. The fourth-order valence-electron chi connectivity index (χ4n) is 3.83. The molecule has 2 aromatic rings. The van der Waals surface area contributed by atoms with E-state index in [2.05, 4.69) is 24.9 Å². The number of ketones is 1. The Labute approximate surface area is 164 Å². The summed E-state index contributed by atoms with van der Waals surface area (Å²) in [6.45, 7) is 3.83. The second-order valence-corrected chi connectivity index (χ2v) is 9.32. The van der Waals surface area contributed by atoms with E-state index in [0.717, 1.165) is 21.3 Å². The Morgan fingerprint density at radius 2 is 1.79 bits per heavy atom. The molecule has 2 aliphatic heterocycles. The number of nitrogens with zero attached hydrogens (tertiary/aromatic N) is 3. The van der Waals surface area contributed by atoms with E-state index in [1.165, 1.54) is 12.4 Å². The van der Waals surface area contributed by atoms with Crippen molar-refractivity contribution in [2.45, 2.75) is 24.2 Å². The summed E-state index contributed by atoms with van der Waals surface area (Å²) < 4.78 is 26.6. The molecule has 0 spiro atoms. The Bertz CT molecular complexity index is 1130. The summed E-state index contributed by atoms with van der Waals surface area (Å²) in [5.74, 6) is -0.294. The van der Waals surface area contributed by atoms with Crippen LogP contribution in [0, 0.1) is 0 Å². The van der Waals surface area contributed by atoms with Gasteiger partial charge in [0.2, 0.25) is 0 Å². The number of fused-ring (bicyclic) bond motifs is 2. The van der Waals surface area contributed by atoms with Gasteiger partial charge < -0.3 is 4.90 Å². The first kappa shape index (κ1) is 18.4. The van der Waals surface area contributed by atoms with E-state index < -0.39 is 10.0 Å². The highest BCUT2D eigenvalue weighted by atomic mass is 32.2. The lowest BCUT2D eigenvalue weighted by Gasteiger charge is -2.25. The lowest BCUT2D eigenvalue weighted by atomic mass is 9.83. The summed E-state index contributed by atoms with van der Waals surface area (Å²) in [5, 5.41) is 0. The van der Waals surface area contributed by atoms with Crippen LogP contribution in [0.25, 0.3) is 0 Å². The molecule has 2 aromatic carbocycles. The van der Waals surface area contributed by atoms with Crippen LogP contribution in [0.4, 0.5) is 11.4 Å². The largest absolute Gasteiger partial charge is 0.347 e. The zero-order valence-electron chi connectivity index (χ0n) is 16.0. The van der Waals surface area contributed by atoms with Gasteiger partial charge in [-0.2, -0.15) is 0 Å². The second-order valence-electron chi connectivity index (χ2n) is 7.46. The molecule has 0 radical (unpaired) electrons. The summed E-state index contributed by atoms with van der Waals surface area (Å²) in [4.78, 5) is 19.1. The standard InChI is InChI=1S/C21H21N3O3S/c1-21(2)16-8-4-6-10-18(16)23(3)20(21)12-15(25)13-24-14-22-17-9-5-7-11-19(17)28(24,26)27/h4-12,14H,13H2,1-3H3/b20-12+. The minimum absolute atomic E-state index is 0.115. The predicted octanol–water partition coefficient (Wildman–Crippen LogP) is 3.23. The molecule has 0 saturated heterocycles. The number of carbonyl (C=O) groups is 1. The fourth-order valence-corrected chi connectivity index (χ4v) is 5.19. The molecule has 7 heteroatoms. The number of allylic oxidation sites excluding steroid dienone is 1. The van der Waals surface area contributed by atoms with Crippen LogP contribution in [0.2, 0.25) is 0 Å². The molecule has 4 rings (SSSR count). The number of benzene rings is 2. The van der Waals surface area contributed by atoms with Gasteiger partial charge in [0.1, 0.15) is 11.2 Å². The molecular weight excluding hydrogens is 374 g/mol. The molecule has 0 N–H and O–H groups in total. The molecule has 144 valence electrons. The number of sulfonamides is 1. The average molecular weight is 395 g/mol. The molecule has 28 heavy (non-hydrogen) atoms. The van der Waals surface area contributed by atoms with Gasteiger partial charge in [0, 0.05) is 29.9 Å². The van der Waals surface area contributed by atoms with E-state index in [1.54, 1.807) is 24.3 Å². The van der Waals surface area contributed by atoms with E-state index in [1.807, 2.05) is 30.1 Å². The first-order chi connectivity index (χ1) is 13.2. The summed E-state index contributed by atoms with van der Waals surface area (Å²) in [7, 11) is -1.87. The molecule has 0 saturated carbocycles. The van der Waals surface area contributed by atoms with Crippen LogP contribution in [0.5, 0.6) is 0 Å². The Morgan fingerprint density at radius 3 is 2.54 bits per heavy atom. The molecule has 0 atom stereocenters. The van der Waals surface area contributed by atoms with Crippen molar-refractivity contribution in [1.29, 1.82) is 0 Å². The van der Waals surface area contributed by atoms with Crippen molar-refractivity contribution in [3.63, 3.8) is 0 Å². The highest BCUT2D eigenvalue weighted by Gasteiger charge is 2.39. The van der Waals surface area contributed by atoms with Crippen LogP contribution in [0.3, 0.4) is 0 Å². The third kappa shape index (κ3) is 2.74. The van der Waals surface area contributed by atoms with Crippen molar-refractivity contribution < 1.29 is 13.2 Å². The number of para-hydroxylation sites is 2. The fraction of sp³-hybridized carbons (Fsp3) is 0.238. The maximum absolute atomic E-state index is 12.8. The Balaban J connectivity index is 1.63. The van der Waals surface area contributed by atoms with Gasteiger partial charge >= 0.3 is 0 Å². The monoisotopic (exact) mass is 395 g/mol. The van der Waals surface area contributed by atoms with Crippen LogP contribution in [-0.4, -0.2) is 38.4 Å². The number of anilines is 1. The van der Waals surface area contributed by atoms with Crippen molar-refractivity contribution >= 4 is 33.5 Å². The molecule has 0 unspecified atom stereocenters. The number of hydrogen-bond donors (Lipinski definition) is 0. The minimum atomic E-state index is -3.79. The maximum atomic E-state index is 12.8. The molecule has 6 nitrogen and oxygen atoms in total. The van der Waals surface area contributed by atoms with Crippen molar-refractivity contribution in [1.82, 2.24) is 4.31 Å². The number of carbonyl (C=O) groups excluding carboxylic acids is 1. The van der Waals surface area contributed by atoms with E-state index in [4.69, 9.17) is 0 Å². The van der Waals surface area contributed by atoms with Crippen LogP contribution >= 0.6 is 0 Å². The molecule has 0 bridgehead atoms. The molecule has 0 amide bonds. The lowest BCUT2D eigenvalue weighted by Crippen LogP contribution is -2.36. The number of likely N-dealkylation sites (N-methyl/N-ethyl adjacent to an activating group) is 1. The zero-order valence-corrected chi connectivity index (χ0v) is 16.8. The third-order valence-corrected chi connectivity index (χ3v) is 7.07. The first-order valence-corrected chi connectivity index (χ1v) is 10.4. The summed E-state index contributed by atoms with van der Waals surface area (Å²) in [6.07, 6.45) is 2.76. The molecule has 0 aliphatic carbocycles. The summed E-state index contributed by atoms with van der Waals surface area (Å²) in [6, 6.07) is 14.5. The maximum Gasteiger partial charge on any atom is 0.267 e. The van der Waals surface area contributed by atoms with Gasteiger partial charge in [-0.1, -0.05) is 44.2 Å². The second kappa shape index (κ2) is 6.31. The smallest absolute Gasteiger partial charge is 0.267 e. The Hall–Kier alpha value is -2.93. The van der Waals surface area contributed by atoms with Gasteiger partial charge in [0.05, 0.1) is 12.2 Å². The van der Waals surface area contributed by atoms with E-state index in [0.29, 0.717) is 5.69 Å². The van der Waals surface area contributed by atoms with Crippen LogP contribution < -0.4 is 4.90 Å². The van der Waals surface area contributed by atoms with Crippen molar-refractivity contribution in [2.75, 3.05) is 18.5 Å². The van der Waals surface area contributed by atoms with Gasteiger partial charge in [-0.05, 0) is 23.8 Å². The van der Waals surface area contributed by atoms with Gasteiger partial charge in [-0.15, -0.1) is 0 Å². The van der Waals surface area contributed by atoms with E-state index in [9.17, 15) is 13.2 Å². The van der Waals surface area contributed by atoms with Crippen LogP contribution in [0.1, 0.15) is 19.4 Å². The molecule has 2 heterocycles. The van der Waals surface area contributed by atoms with Crippen molar-refractivity contribution in [2.24, 2.45) is 4.99 Å². The van der Waals surface area contributed by atoms with Gasteiger partial charge in [0.15, 0.2) is 5.78 Å². The normalized spacial score (nSPS) is 20.2.